The van der Waals surface area contributed by atoms with Crippen molar-refractivity contribution in [2.24, 2.45) is 0 Å². The molecular formula is C19H20Cl3N3O6S2. The lowest BCUT2D eigenvalue weighted by Crippen LogP contribution is -2.71. The predicted octanol–water partition coefficient (Wildman–Crippen LogP) is 2.86. The lowest BCUT2D eigenvalue weighted by Gasteiger charge is -2.44. The predicted molar refractivity (Wildman–Crippen MR) is 128 cm³/mol. The smallest absolute Gasteiger partial charge is 0.408 e. The number of halogens is 3. The summed E-state index contributed by atoms with van der Waals surface area (Å²) >= 11 is 19.3. The maximum absolute atomic E-state index is 13.1. The Bertz CT molecular complexity index is 982. The number of thioether (sulfide) groups is 1. The number of carbonyl (C=O) groups is 4. The van der Waals surface area contributed by atoms with Crippen molar-refractivity contribution in [3.8, 4) is 0 Å². The molecule has 180 valence electrons. The first kappa shape index (κ1) is 26.0. The van der Waals surface area contributed by atoms with Gasteiger partial charge in [-0.15, -0.1) is 23.1 Å². The lowest BCUT2D eigenvalue weighted by atomic mass is 9.95. The first-order chi connectivity index (χ1) is 15.2. The van der Waals surface area contributed by atoms with Crippen LogP contribution < -0.4 is 10.6 Å². The normalized spacial score (nSPS) is 24.3. The van der Waals surface area contributed by atoms with Crippen LogP contribution in [-0.4, -0.2) is 72.5 Å². The molecule has 4 atom stereocenters. The Morgan fingerprint density at radius 1 is 1.36 bits per heavy atom. The van der Waals surface area contributed by atoms with E-state index in [9.17, 15) is 24.3 Å². The van der Waals surface area contributed by atoms with Crippen LogP contribution in [0.3, 0.4) is 0 Å². The minimum absolute atomic E-state index is 0.264. The Kier molecular flexibility index (Phi) is 7.50. The summed E-state index contributed by atoms with van der Waals surface area (Å²) in [6.45, 7) is 6.80. The highest BCUT2D eigenvalue weighted by molar-refractivity contribution is 8.01. The summed E-state index contributed by atoms with van der Waals surface area (Å²) < 4.78 is 2.27. The largest absolute Gasteiger partial charge is 0.480 e. The van der Waals surface area contributed by atoms with Gasteiger partial charge in [0.25, 0.3) is 0 Å². The molecule has 0 bridgehead atoms. The van der Waals surface area contributed by atoms with Gasteiger partial charge in [-0.05, 0) is 30.9 Å². The molecule has 0 aromatic carbocycles. The number of carboxylic acids is 1. The minimum Gasteiger partial charge on any atom is -0.480 e. The van der Waals surface area contributed by atoms with E-state index < -0.39 is 62.5 Å². The Hall–Kier alpha value is -1.66. The monoisotopic (exact) mass is 555 g/mol. The van der Waals surface area contributed by atoms with Crippen molar-refractivity contribution in [3.63, 3.8) is 0 Å². The van der Waals surface area contributed by atoms with Crippen molar-refractivity contribution in [1.82, 2.24) is 15.5 Å². The molecule has 9 nitrogen and oxygen atoms in total. The van der Waals surface area contributed by atoms with Crippen molar-refractivity contribution >= 4 is 87.4 Å². The first-order valence-electron chi connectivity index (χ1n) is 9.49. The molecule has 3 rings (SSSR count). The second-order valence-electron chi connectivity index (χ2n) is 7.86. The van der Waals surface area contributed by atoms with Crippen LogP contribution in [0.15, 0.2) is 24.1 Å². The van der Waals surface area contributed by atoms with E-state index >= 15 is 0 Å². The first-order valence-corrected chi connectivity index (χ1v) is 12.4. The Labute approximate surface area is 212 Å². The van der Waals surface area contributed by atoms with Crippen molar-refractivity contribution in [3.05, 3.63) is 29.0 Å². The molecule has 0 radical (unpaired) electrons. The second-order valence-corrected chi connectivity index (χ2v) is 13.1. The fraction of sp³-hybridized carbons (Fsp3) is 0.474. The quantitative estimate of drug-likeness (QED) is 0.348. The number of carbonyl (C=O) groups excluding carboxylic acids is 3. The number of β-lactam (4-membered cyclic amide) rings is 1. The molecule has 3 amide bonds. The van der Waals surface area contributed by atoms with Gasteiger partial charge in [0.2, 0.25) is 15.6 Å². The van der Waals surface area contributed by atoms with E-state index in [4.69, 9.17) is 39.5 Å². The third kappa shape index (κ3) is 5.54. The number of aliphatic carboxylic acids is 1. The van der Waals surface area contributed by atoms with Crippen LogP contribution in [0.2, 0.25) is 0 Å². The highest BCUT2D eigenvalue weighted by Gasteiger charge is 2.64. The van der Waals surface area contributed by atoms with Gasteiger partial charge in [0.1, 0.15) is 30.1 Å². The number of alkyl carbamates (subject to hydrolysis) is 1. The van der Waals surface area contributed by atoms with Crippen molar-refractivity contribution in [1.29, 1.82) is 0 Å². The van der Waals surface area contributed by atoms with E-state index in [-0.39, 0.29) is 5.57 Å². The number of amides is 3. The topological polar surface area (TPSA) is 125 Å². The molecule has 2 saturated heterocycles. The second kappa shape index (κ2) is 9.53. The molecule has 3 heterocycles. The van der Waals surface area contributed by atoms with Gasteiger partial charge in [0.05, 0.1) is 0 Å². The fourth-order valence-corrected chi connectivity index (χ4v) is 6.12. The number of rotatable bonds is 7. The van der Waals surface area contributed by atoms with E-state index in [0.717, 1.165) is 0 Å². The van der Waals surface area contributed by atoms with Gasteiger partial charge >= 0.3 is 12.1 Å². The molecular weight excluding hydrogens is 537 g/mol. The van der Waals surface area contributed by atoms with Crippen molar-refractivity contribution in [2.45, 2.75) is 45.9 Å². The molecule has 14 heteroatoms. The van der Waals surface area contributed by atoms with Crippen LogP contribution in [0.4, 0.5) is 4.79 Å². The van der Waals surface area contributed by atoms with Crippen LogP contribution in [-0.2, 0) is 19.1 Å². The number of hydrogen-bond donors (Lipinski definition) is 3. The van der Waals surface area contributed by atoms with Crippen LogP contribution in [0, 0.1) is 0 Å². The molecule has 2 aliphatic heterocycles. The molecule has 2 fully saturated rings. The maximum Gasteiger partial charge on any atom is 0.408 e. The Morgan fingerprint density at radius 3 is 2.58 bits per heavy atom. The van der Waals surface area contributed by atoms with E-state index in [0.29, 0.717) is 4.88 Å². The number of fused-ring (bicyclic) bond motifs is 1. The minimum atomic E-state index is -1.84. The number of thiophene rings is 1. The average molecular weight is 557 g/mol. The Morgan fingerprint density at radius 2 is 2.03 bits per heavy atom. The summed E-state index contributed by atoms with van der Waals surface area (Å²) in [5.41, 5.74) is 0.264. The molecule has 0 spiro atoms. The standard InChI is InChI=1S/C19H20Cl3N3O6S2/c1-8(9-5-4-6-32-9)10(24-17(30)31-7-19(20,21)22)13(26)23-11-14(27)25-12(16(28)29)18(2,3)33-15(11)25/h4-6,10-12,15H,1,7H2,2-3H3,(H,23,26)(H,24,30)(H,28,29)/t10?,11-,12-,15+/m0/s1. The lowest BCUT2D eigenvalue weighted by molar-refractivity contribution is -0.161. The summed E-state index contributed by atoms with van der Waals surface area (Å²) in [6.07, 6.45) is -1.02. The summed E-state index contributed by atoms with van der Waals surface area (Å²) in [4.78, 5) is 51.6. The van der Waals surface area contributed by atoms with Gasteiger partial charge < -0.3 is 25.4 Å². The molecule has 1 aromatic heterocycles. The number of hydrogen-bond acceptors (Lipinski definition) is 7. The zero-order valence-electron chi connectivity index (χ0n) is 17.3. The summed E-state index contributed by atoms with van der Waals surface area (Å²) in [5.74, 6) is -2.34. The third-order valence-corrected chi connectivity index (χ3v) is 7.89. The number of carboxylic acid groups (broad SMARTS) is 1. The summed E-state index contributed by atoms with van der Waals surface area (Å²) in [5, 5.41) is 15.7. The van der Waals surface area contributed by atoms with Gasteiger partial charge in [0.15, 0.2) is 0 Å². The summed E-state index contributed by atoms with van der Waals surface area (Å²) in [6, 6.07) is 0.203. The van der Waals surface area contributed by atoms with Gasteiger partial charge in [-0.25, -0.2) is 9.59 Å². The van der Waals surface area contributed by atoms with Crippen LogP contribution in [0.1, 0.15) is 18.7 Å². The average Bonchev–Trinajstić information content (AvgIpc) is 3.32. The highest BCUT2D eigenvalue weighted by Crippen LogP contribution is 2.50. The van der Waals surface area contributed by atoms with Crippen LogP contribution in [0.5, 0.6) is 0 Å². The van der Waals surface area contributed by atoms with Crippen molar-refractivity contribution in [2.75, 3.05) is 6.61 Å². The summed E-state index contributed by atoms with van der Waals surface area (Å²) in [7, 11) is 0. The van der Waals surface area contributed by atoms with Crippen molar-refractivity contribution < 1.29 is 29.0 Å². The SMILES string of the molecule is C=C(c1cccs1)C(NC(=O)OCC(Cl)(Cl)Cl)C(=O)N[C@H]1C(=O)N2[C@@H]1SC(C)(C)[C@@H]2C(=O)O. The van der Waals surface area contributed by atoms with E-state index in [2.05, 4.69) is 17.2 Å². The third-order valence-electron chi connectivity index (χ3n) is 5.05. The number of alkyl halides is 3. The molecule has 0 aliphatic carbocycles. The molecule has 33 heavy (non-hydrogen) atoms. The van der Waals surface area contributed by atoms with Gasteiger partial charge in [-0.3, -0.25) is 9.59 Å². The fourth-order valence-electron chi connectivity index (χ4n) is 3.60. The number of ether oxygens (including phenoxy) is 1. The van der Waals surface area contributed by atoms with Crippen LogP contribution in [0.25, 0.3) is 5.57 Å². The van der Waals surface area contributed by atoms with Gasteiger partial charge in [-0.2, -0.15) is 0 Å². The number of nitrogens with zero attached hydrogens (tertiary/aromatic N) is 1. The molecule has 3 N–H and O–H groups in total. The molecule has 1 aromatic rings. The highest BCUT2D eigenvalue weighted by atomic mass is 35.6. The number of nitrogens with one attached hydrogen (secondary N) is 2. The van der Waals surface area contributed by atoms with Gasteiger partial charge in [0, 0.05) is 9.62 Å². The molecule has 1 unspecified atom stereocenters. The van der Waals surface area contributed by atoms with Gasteiger partial charge in [-0.1, -0.05) is 47.4 Å². The van der Waals surface area contributed by atoms with E-state index in [1.807, 2.05) is 0 Å². The maximum atomic E-state index is 13.1. The molecule has 0 saturated carbocycles. The zero-order valence-corrected chi connectivity index (χ0v) is 21.2. The zero-order chi connectivity index (χ0) is 24.7. The molecule has 2 aliphatic rings. The van der Waals surface area contributed by atoms with E-state index in [1.54, 1.807) is 31.4 Å². The Balaban J connectivity index is 1.74. The van der Waals surface area contributed by atoms with E-state index in [1.165, 1.54) is 28.0 Å². The van der Waals surface area contributed by atoms with Crippen LogP contribution >= 0.6 is 57.9 Å².